The molecule has 5 nitrogen and oxygen atoms in total. The predicted molar refractivity (Wildman–Crippen MR) is 101 cm³/mol. The van der Waals surface area contributed by atoms with E-state index in [-0.39, 0.29) is 12.5 Å². The molecule has 126 valence electrons. The van der Waals surface area contributed by atoms with Crippen molar-refractivity contribution in [3.05, 3.63) is 60.3 Å². The lowest BCUT2D eigenvalue weighted by atomic mass is 10.2. The number of amides is 1. The molecular weight excluding hydrogens is 312 g/mol. The van der Waals surface area contributed by atoms with Gasteiger partial charge in [-0.1, -0.05) is 30.3 Å². The highest BCUT2D eigenvalue weighted by Crippen LogP contribution is 2.21. The highest BCUT2D eigenvalue weighted by atomic mass is 16.2. The van der Waals surface area contributed by atoms with Gasteiger partial charge >= 0.3 is 0 Å². The van der Waals surface area contributed by atoms with E-state index in [1.54, 1.807) is 0 Å². The van der Waals surface area contributed by atoms with Crippen molar-refractivity contribution >= 4 is 33.8 Å². The third kappa shape index (κ3) is 2.67. The summed E-state index contributed by atoms with van der Waals surface area (Å²) in [5.74, 6) is 0.525. The first-order valence-electron chi connectivity index (χ1n) is 8.47. The van der Waals surface area contributed by atoms with Crippen LogP contribution in [0.3, 0.4) is 0 Å². The average Bonchev–Trinajstić information content (AvgIpc) is 3.12. The number of fused-ring (bicyclic) bond motifs is 2. The summed E-state index contributed by atoms with van der Waals surface area (Å²) in [5, 5.41) is 4.12. The van der Waals surface area contributed by atoms with E-state index >= 15 is 0 Å². The Morgan fingerprint density at radius 2 is 1.76 bits per heavy atom. The molecule has 2 aromatic heterocycles. The number of hydrogen-bond acceptors (Lipinski definition) is 2. The predicted octanol–water partition coefficient (Wildman–Crippen LogP) is 3.96. The van der Waals surface area contributed by atoms with E-state index in [0.29, 0.717) is 5.95 Å². The van der Waals surface area contributed by atoms with E-state index in [4.69, 9.17) is 0 Å². The zero-order valence-corrected chi connectivity index (χ0v) is 14.4. The number of aromatic nitrogens is 3. The van der Waals surface area contributed by atoms with Gasteiger partial charge in [0.25, 0.3) is 0 Å². The van der Waals surface area contributed by atoms with Crippen molar-refractivity contribution in [2.45, 2.75) is 26.9 Å². The van der Waals surface area contributed by atoms with Crippen LogP contribution in [0.15, 0.2) is 54.6 Å². The number of carbonyl (C=O) groups excluding carboxylic acids is 1. The summed E-state index contributed by atoms with van der Waals surface area (Å²) in [6.45, 7) is 5.09. The van der Waals surface area contributed by atoms with Gasteiger partial charge in [0.15, 0.2) is 0 Å². The minimum atomic E-state index is -0.0746. The summed E-state index contributed by atoms with van der Waals surface area (Å²) < 4.78 is 4.05. The molecule has 0 saturated carbocycles. The highest BCUT2D eigenvalue weighted by Gasteiger charge is 2.14. The Hall–Kier alpha value is -3.08. The van der Waals surface area contributed by atoms with Crippen molar-refractivity contribution in [2.24, 2.45) is 0 Å². The van der Waals surface area contributed by atoms with Crippen LogP contribution in [0.25, 0.3) is 21.9 Å². The maximum absolute atomic E-state index is 12.6. The van der Waals surface area contributed by atoms with Crippen molar-refractivity contribution in [1.29, 1.82) is 0 Å². The fraction of sp³-hybridized carbons (Fsp3) is 0.200. The quantitative estimate of drug-likeness (QED) is 0.615. The lowest BCUT2D eigenvalue weighted by Gasteiger charge is -2.10. The van der Waals surface area contributed by atoms with Crippen LogP contribution in [0, 0.1) is 6.92 Å². The fourth-order valence-corrected chi connectivity index (χ4v) is 3.36. The third-order valence-corrected chi connectivity index (χ3v) is 4.54. The summed E-state index contributed by atoms with van der Waals surface area (Å²) >= 11 is 0. The number of aryl methyl sites for hydroxylation is 2. The molecule has 4 aromatic rings. The molecule has 5 heteroatoms. The molecule has 4 rings (SSSR count). The molecule has 0 radical (unpaired) electrons. The van der Waals surface area contributed by atoms with Crippen molar-refractivity contribution in [3.8, 4) is 0 Å². The van der Waals surface area contributed by atoms with E-state index < -0.39 is 0 Å². The SMILES string of the molecule is CCn1c(NC(=O)Cn2c(C)cc3ccccc32)nc2ccccc21. The Morgan fingerprint density at radius 1 is 1.04 bits per heavy atom. The van der Waals surface area contributed by atoms with Gasteiger partial charge in [-0.3, -0.25) is 10.1 Å². The number of imidazole rings is 1. The molecule has 1 amide bonds. The maximum atomic E-state index is 12.6. The van der Waals surface area contributed by atoms with Gasteiger partial charge in [-0.05, 0) is 43.5 Å². The minimum Gasteiger partial charge on any atom is -0.335 e. The number of carbonyl (C=O) groups is 1. The second-order valence-corrected chi connectivity index (χ2v) is 6.15. The number of rotatable bonds is 4. The third-order valence-electron chi connectivity index (χ3n) is 4.54. The Morgan fingerprint density at radius 3 is 2.56 bits per heavy atom. The van der Waals surface area contributed by atoms with Gasteiger partial charge in [-0.2, -0.15) is 0 Å². The normalized spacial score (nSPS) is 11.3. The van der Waals surface area contributed by atoms with Gasteiger partial charge in [0.05, 0.1) is 11.0 Å². The number of hydrogen-bond donors (Lipinski definition) is 1. The highest BCUT2D eigenvalue weighted by molar-refractivity contribution is 5.93. The van der Waals surface area contributed by atoms with Crippen molar-refractivity contribution < 1.29 is 4.79 Å². The molecule has 2 aromatic carbocycles. The van der Waals surface area contributed by atoms with Gasteiger partial charge in [-0.25, -0.2) is 4.98 Å². The van der Waals surface area contributed by atoms with Crippen molar-refractivity contribution in [1.82, 2.24) is 14.1 Å². The molecule has 0 aliphatic carbocycles. The van der Waals surface area contributed by atoms with Crippen molar-refractivity contribution in [3.63, 3.8) is 0 Å². The summed E-state index contributed by atoms with van der Waals surface area (Å²) in [6, 6.07) is 18.1. The molecule has 0 fully saturated rings. The summed E-state index contributed by atoms with van der Waals surface area (Å²) in [7, 11) is 0. The van der Waals surface area contributed by atoms with Crippen LogP contribution in [0.4, 0.5) is 5.95 Å². The van der Waals surface area contributed by atoms with Crippen LogP contribution in [0.2, 0.25) is 0 Å². The molecule has 0 aliphatic rings. The summed E-state index contributed by atoms with van der Waals surface area (Å²) in [6.07, 6.45) is 0. The molecule has 2 heterocycles. The second-order valence-electron chi connectivity index (χ2n) is 6.15. The molecule has 0 spiro atoms. The molecule has 0 bridgehead atoms. The molecule has 0 aliphatic heterocycles. The van der Waals surface area contributed by atoms with Crippen LogP contribution >= 0.6 is 0 Å². The van der Waals surface area contributed by atoms with Crippen LogP contribution < -0.4 is 5.32 Å². The van der Waals surface area contributed by atoms with Crippen molar-refractivity contribution in [2.75, 3.05) is 5.32 Å². The standard InChI is InChI=1S/C20H20N4O/c1-3-23-18-11-7-5-9-16(18)21-20(23)22-19(25)13-24-14(2)12-15-8-4-6-10-17(15)24/h4-12H,3,13H2,1-2H3,(H,21,22,25). The van der Waals surface area contributed by atoms with Gasteiger partial charge in [-0.15, -0.1) is 0 Å². The van der Waals surface area contributed by atoms with Crippen LogP contribution in [0.5, 0.6) is 0 Å². The van der Waals surface area contributed by atoms with Gasteiger partial charge in [0, 0.05) is 17.8 Å². The molecular formula is C20H20N4O. The largest absolute Gasteiger partial charge is 0.335 e. The number of para-hydroxylation sites is 3. The molecule has 25 heavy (non-hydrogen) atoms. The van der Waals surface area contributed by atoms with Crippen LogP contribution in [0.1, 0.15) is 12.6 Å². The summed E-state index contributed by atoms with van der Waals surface area (Å²) in [4.78, 5) is 17.2. The monoisotopic (exact) mass is 332 g/mol. The van der Waals surface area contributed by atoms with Gasteiger partial charge in [0.1, 0.15) is 6.54 Å². The fourth-order valence-electron chi connectivity index (χ4n) is 3.36. The molecule has 0 unspecified atom stereocenters. The Kier molecular flexibility index (Phi) is 3.76. The number of anilines is 1. The Balaban J connectivity index is 1.63. The number of nitrogens with one attached hydrogen (secondary N) is 1. The lowest BCUT2D eigenvalue weighted by molar-refractivity contribution is -0.116. The van der Waals surface area contributed by atoms with E-state index in [0.717, 1.165) is 34.2 Å². The number of benzene rings is 2. The molecule has 0 atom stereocenters. The van der Waals surface area contributed by atoms with E-state index in [9.17, 15) is 4.79 Å². The Bertz CT molecular complexity index is 1070. The van der Waals surface area contributed by atoms with E-state index in [1.165, 1.54) is 0 Å². The topological polar surface area (TPSA) is 51.9 Å². The minimum absolute atomic E-state index is 0.0746. The first kappa shape index (κ1) is 15.4. The smallest absolute Gasteiger partial charge is 0.246 e. The second kappa shape index (κ2) is 6.09. The molecule has 0 saturated heterocycles. The Labute approximate surface area is 145 Å². The average molecular weight is 332 g/mol. The van der Waals surface area contributed by atoms with Gasteiger partial charge in [0.2, 0.25) is 11.9 Å². The first-order chi connectivity index (χ1) is 12.2. The lowest BCUT2D eigenvalue weighted by Crippen LogP contribution is -2.21. The van der Waals surface area contributed by atoms with Crippen LogP contribution in [-0.2, 0) is 17.9 Å². The zero-order chi connectivity index (χ0) is 17.4. The number of nitrogens with zero attached hydrogens (tertiary/aromatic N) is 3. The van der Waals surface area contributed by atoms with Crippen LogP contribution in [-0.4, -0.2) is 20.0 Å². The van der Waals surface area contributed by atoms with Gasteiger partial charge < -0.3 is 9.13 Å². The first-order valence-corrected chi connectivity index (χ1v) is 8.47. The molecule has 1 N–H and O–H groups in total. The maximum Gasteiger partial charge on any atom is 0.246 e. The van der Waals surface area contributed by atoms with E-state index in [2.05, 4.69) is 22.4 Å². The zero-order valence-electron chi connectivity index (χ0n) is 14.4. The summed E-state index contributed by atoms with van der Waals surface area (Å²) in [5.41, 5.74) is 4.06. The van der Waals surface area contributed by atoms with E-state index in [1.807, 2.05) is 65.4 Å².